The van der Waals surface area contributed by atoms with Crippen LogP contribution in [0.15, 0.2) is 30.3 Å². The van der Waals surface area contributed by atoms with Crippen molar-refractivity contribution in [1.82, 2.24) is 0 Å². The van der Waals surface area contributed by atoms with Gasteiger partial charge in [-0.25, -0.2) is 0 Å². The summed E-state index contributed by atoms with van der Waals surface area (Å²) in [5, 5.41) is 10.3. The van der Waals surface area contributed by atoms with Crippen LogP contribution < -0.4 is 0 Å². The second-order valence-corrected chi connectivity index (χ2v) is 10.1. The Kier molecular flexibility index (Phi) is 6.26. The first-order valence-corrected chi connectivity index (χ1v) is 9.80. The van der Waals surface area contributed by atoms with Crippen LogP contribution in [0, 0.1) is 11.5 Å². The maximum Gasteiger partial charge on any atom is 0.150 e. The lowest BCUT2D eigenvalue weighted by Gasteiger charge is -2.19. The van der Waals surface area contributed by atoms with Gasteiger partial charge in [0.15, 0.2) is 0 Å². The fourth-order valence-corrected chi connectivity index (χ4v) is 2.04. The van der Waals surface area contributed by atoms with Gasteiger partial charge in [-0.2, -0.15) is 0 Å². The summed E-state index contributed by atoms with van der Waals surface area (Å²) in [6.07, 6.45) is -1.32. The van der Waals surface area contributed by atoms with Crippen molar-refractivity contribution < 1.29 is 14.6 Å². The number of aliphatic hydroxyl groups is 1. The molecule has 1 aromatic carbocycles. The van der Waals surface area contributed by atoms with E-state index in [0.29, 0.717) is 0 Å². The van der Waals surface area contributed by atoms with Gasteiger partial charge in [-0.05, 0) is 5.56 Å². The van der Waals surface area contributed by atoms with Crippen LogP contribution in [-0.4, -0.2) is 33.2 Å². The molecule has 1 aromatic rings. The van der Waals surface area contributed by atoms with E-state index in [1.54, 1.807) is 7.11 Å². The van der Waals surface area contributed by atoms with Crippen molar-refractivity contribution in [3.05, 3.63) is 35.9 Å². The van der Waals surface area contributed by atoms with E-state index >= 15 is 0 Å². The topological polar surface area (TPSA) is 38.7 Å². The highest BCUT2D eigenvalue weighted by Gasteiger charge is 2.20. The third-order valence-corrected chi connectivity index (χ3v) is 3.28. The summed E-state index contributed by atoms with van der Waals surface area (Å²) in [7, 11) is 0.0544. The van der Waals surface area contributed by atoms with Gasteiger partial charge in [0.05, 0.1) is 0 Å². The Morgan fingerprint density at radius 1 is 1.21 bits per heavy atom. The molecule has 0 saturated heterocycles. The summed E-state index contributed by atoms with van der Waals surface area (Å²) in [6.45, 7) is 6.59. The number of methoxy groups -OCH3 is 1. The fraction of sp³-hybridized carbons (Fsp3) is 0.467. The molecule has 0 spiro atoms. The maximum atomic E-state index is 10.3. The molecule has 2 atom stereocenters. The Morgan fingerprint density at radius 3 is 2.37 bits per heavy atom. The molecular weight excluding hydrogens is 256 g/mol. The monoisotopic (exact) mass is 278 g/mol. The van der Waals surface area contributed by atoms with Gasteiger partial charge in [0.25, 0.3) is 0 Å². The minimum Gasteiger partial charge on any atom is -0.385 e. The largest absolute Gasteiger partial charge is 0.385 e. The zero-order valence-electron chi connectivity index (χ0n) is 12.0. The van der Waals surface area contributed by atoms with Crippen LogP contribution in [-0.2, 0) is 9.47 Å². The Labute approximate surface area is 116 Å². The Balaban J connectivity index is 2.86. The Morgan fingerprint density at radius 2 is 1.84 bits per heavy atom. The van der Waals surface area contributed by atoms with Gasteiger partial charge in [0, 0.05) is 7.11 Å². The molecule has 0 radical (unpaired) electrons. The second-order valence-electron chi connectivity index (χ2n) is 5.37. The summed E-state index contributed by atoms with van der Waals surface area (Å²) >= 11 is 0. The molecule has 19 heavy (non-hydrogen) atoms. The molecule has 104 valence electrons. The van der Waals surface area contributed by atoms with Gasteiger partial charge >= 0.3 is 0 Å². The molecule has 0 aliphatic heterocycles. The number of hydrogen-bond donors (Lipinski definition) is 1. The molecule has 0 heterocycles. The summed E-state index contributed by atoms with van der Waals surface area (Å²) in [4.78, 5) is 0. The molecule has 0 aromatic heterocycles. The second kappa shape index (κ2) is 7.46. The van der Waals surface area contributed by atoms with E-state index in [9.17, 15) is 5.11 Å². The smallest absolute Gasteiger partial charge is 0.150 e. The first-order valence-electron chi connectivity index (χ1n) is 6.30. The molecule has 3 nitrogen and oxygen atoms in total. The maximum absolute atomic E-state index is 10.3. The number of hydrogen-bond acceptors (Lipinski definition) is 3. The van der Waals surface area contributed by atoms with Crippen molar-refractivity contribution in [2.24, 2.45) is 0 Å². The van der Waals surface area contributed by atoms with Gasteiger partial charge in [0.1, 0.15) is 27.1 Å². The number of ether oxygens (including phenoxy) is 2. The van der Waals surface area contributed by atoms with Crippen molar-refractivity contribution in [2.45, 2.75) is 31.8 Å². The predicted octanol–water partition coefficient (Wildman–Crippen LogP) is 2.59. The van der Waals surface area contributed by atoms with Crippen molar-refractivity contribution in [3.8, 4) is 11.5 Å². The molecule has 4 heteroatoms. The van der Waals surface area contributed by atoms with Crippen LogP contribution in [0.1, 0.15) is 11.7 Å². The van der Waals surface area contributed by atoms with Crippen LogP contribution in [0.4, 0.5) is 0 Å². The molecule has 1 rings (SSSR count). The third kappa shape index (κ3) is 6.04. The van der Waals surface area contributed by atoms with Crippen molar-refractivity contribution >= 4 is 8.07 Å². The van der Waals surface area contributed by atoms with Gasteiger partial charge < -0.3 is 14.6 Å². The minimum absolute atomic E-state index is 0.120. The number of aliphatic hydroxyl groups excluding tert-OH is 1. The molecule has 0 bridgehead atoms. The number of rotatable bonds is 5. The number of benzene rings is 1. The molecular formula is C15H22O3Si. The lowest BCUT2D eigenvalue weighted by Crippen LogP contribution is -2.24. The lowest BCUT2D eigenvalue weighted by molar-refractivity contribution is -0.0904. The molecule has 0 unspecified atom stereocenters. The Bertz CT molecular complexity index is 428. The minimum atomic E-state index is -1.50. The van der Waals surface area contributed by atoms with Crippen molar-refractivity contribution in [2.75, 3.05) is 13.9 Å². The zero-order valence-corrected chi connectivity index (χ0v) is 13.0. The highest BCUT2D eigenvalue weighted by molar-refractivity contribution is 6.83. The SMILES string of the molecule is COCO[C@@H](C#C[Si](C)(C)C)[C@@H](O)c1ccccc1. The van der Waals surface area contributed by atoms with E-state index in [1.165, 1.54) is 0 Å². The van der Waals surface area contributed by atoms with Gasteiger partial charge in [-0.15, -0.1) is 5.54 Å². The van der Waals surface area contributed by atoms with E-state index in [4.69, 9.17) is 9.47 Å². The fourth-order valence-electron chi connectivity index (χ4n) is 1.47. The average Bonchev–Trinajstić information content (AvgIpc) is 2.38. The lowest BCUT2D eigenvalue weighted by atomic mass is 10.1. The highest BCUT2D eigenvalue weighted by Crippen LogP contribution is 2.18. The summed E-state index contributed by atoms with van der Waals surface area (Å²) in [5.41, 5.74) is 4.03. The Hall–Kier alpha value is -1.12. The van der Waals surface area contributed by atoms with Crippen LogP contribution >= 0.6 is 0 Å². The summed E-state index contributed by atoms with van der Waals surface area (Å²) in [5.74, 6) is 3.05. The first-order chi connectivity index (χ1) is 8.94. The van der Waals surface area contributed by atoms with E-state index in [0.717, 1.165) is 5.56 Å². The standard InChI is InChI=1S/C15H22O3Si/c1-17-12-18-14(10-11-19(2,3)4)15(16)13-8-6-5-7-9-13/h5-9,14-16H,12H2,1-4H3/t14-,15-/m0/s1. The average molecular weight is 278 g/mol. The van der Waals surface area contributed by atoms with Gasteiger partial charge in [0.2, 0.25) is 0 Å². The van der Waals surface area contributed by atoms with E-state index in [-0.39, 0.29) is 6.79 Å². The van der Waals surface area contributed by atoms with E-state index in [1.807, 2.05) is 30.3 Å². The highest BCUT2D eigenvalue weighted by atomic mass is 28.3. The van der Waals surface area contributed by atoms with Crippen LogP contribution in [0.2, 0.25) is 19.6 Å². The summed E-state index contributed by atoms with van der Waals surface area (Å²) < 4.78 is 10.4. The molecule has 0 saturated carbocycles. The first kappa shape index (κ1) is 15.9. The van der Waals surface area contributed by atoms with Crippen molar-refractivity contribution in [3.63, 3.8) is 0 Å². The van der Waals surface area contributed by atoms with Gasteiger partial charge in [-0.1, -0.05) is 55.9 Å². The van der Waals surface area contributed by atoms with E-state index in [2.05, 4.69) is 31.1 Å². The van der Waals surface area contributed by atoms with E-state index < -0.39 is 20.3 Å². The summed E-state index contributed by atoms with van der Waals surface area (Å²) in [6, 6.07) is 9.42. The molecule has 0 amide bonds. The van der Waals surface area contributed by atoms with Gasteiger partial charge in [-0.3, -0.25) is 0 Å². The van der Waals surface area contributed by atoms with Crippen LogP contribution in [0.25, 0.3) is 0 Å². The molecule has 1 N–H and O–H groups in total. The zero-order chi connectivity index (χ0) is 14.3. The molecule has 0 aliphatic carbocycles. The normalized spacial score (nSPS) is 14.4. The van der Waals surface area contributed by atoms with Crippen LogP contribution in [0.3, 0.4) is 0 Å². The van der Waals surface area contributed by atoms with Crippen LogP contribution in [0.5, 0.6) is 0 Å². The molecule has 0 aliphatic rings. The predicted molar refractivity (Wildman–Crippen MR) is 79.3 cm³/mol. The third-order valence-electron chi connectivity index (χ3n) is 2.38. The van der Waals surface area contributed by atoms with Crippen molar-refractivity contribution in [1.29, 1.82) is 0 Å². The molecule has 0 fully saturated rings. The quantitative estimate of drug-likeness (QED) is 0.511.